The average Bonchev–Trinajstić information content (AvgIpc) is 3.36. The van der Waals surface area contributed by atoms with Crippen molar-refractivity contribution >= 4 is 18.0 Å². The molecule has 0 radical (unpaired) electrons. The van der Waals surface area contributed by atoms with Crippen molar-refractivity contribution in [1.29, 1.82) is 0 Å². The van der Waals surface area contributed by atoms with Gasteiger partial charge in [-0.15, -0.1) is 5.10 Å². The third-order valence-electron chi connectivity index (χ3n) is 4.65. The lowest BCUT2D eigenvalue weighted by Crippen LogP contribution is -2.41. The minimum atomic E-state index is -5.02. The van der Waals surface area contributed by atoms with Gasteiger partial charge in [-0.1, -0.05) is 0 Å². The van der Waals surface area contributed by atoms with E-state index in [0.29, 0.717) is 23.4 Å². The number of nitrogens with zero attached hydrogens (tertiary/aromatic N) is 5. The summed E-state index contributed by atoms with van der Waals surface area (Å²) in [4.78, 5) is 32.1. The number of carbonyl (C=O) groups is 2. The molecule has 1 aliphatic heterocycles. The van der Waals surface area contributed by atoms with Gasteiger partial charge in [-0.05, 0) is 30.3 Å². The van der Waals surface area contributed by atoms with Gasteiger partial charge >= 0.3 is 12.4 Å². The van der Waals surface area contributed by atoms with Gasteiger partial charge in [-0.25, -0.2) is 14.7 Å². The largest absolute Gasteiger partial charge is 0.416 e. The van der Waals surface area contributed by atoms with E-state index in [-0.39, 0.29) is 12.6 Å². The average molecular weight is 482 g/mol. The molecule has 0 atom stereocenters. The fourth-order valence-corrected chi connectivity index (χ4v) is 3.09. The Morgan fingerprint density at radius 2 is 1.71 bits per heavy atom. The number of hydrogen-bond donors (Lipinski definition) is 1. The van der Waals surface area contributed by atoms with Crippen LogP contribution in [-0.2, 0) is 23.7 Å². The Bertz CT molecular complexity index is 1260. The van der Waals surface area contributed by atoms with E-state index in [1.165, 1.54) is 6.20 Å². The molecule has 14 heteroatoms. The van der Waals surface area contributed by atoms with Crippen LogP contribution in [0.5, 0.6) is 0 Å². The highest BCUT2D eigenvalue weighted by Gasteiger charge is 2.37. The van der Waals surface area contributed by atoms with Crippen molar-refractivity contribution in [1.82, 2.24) is 30.2 Å². The lowest BCUT2D eigenvalue weighted by Gasteiger charge is -2.14. The molecule has 0 spiro atoms. The highest BCUT2D eigenvalue weighted by Crippen LogP contribution is 2.38. The number of nitrogens with one attached hydrogen (secondary N) is 1. The van der Waals surface area contributed by atoms with E-state index in [0.717, 1.165) is 28.3 Å². The molecule has 0 bridgehead atoms. The number of carbonyl (C=O) groups excluding carboxylic acids is 2. The third kappa shape index (κ3) is 4.74. The summed E-state index contributed by atoms with van der Waals surface area (Å²) in [6.45, 7) is 0.0547. The van der Waals surface area contributed by atoms with Crippen LogP contribution in [0, 0.1) is 0 Å². The second-order valence-electron chi connectivity index (χ2n) is 7.02. The summed E-state index contributed by atoms with van der Waals surface area (Å²) in [7, 11) is 0. The first-order chi connectivity index (χ1) is 15.9. The first kappa shape index (κ1) is 22.9. The van der Waals surface area contributed by atoms with Crippen LogP contribution in [0.15, 0.2) is 48.9 Å². The highest BCUT2D eigenvalue weighted by atomic mass is 19.4. The summed E-state index contributed by atoms with van der Waals surface area (Å²) in [6.07, 6.45) is -5.52. The van der Waals surface area contributed by atoms with Gasteiger partial charge < -0.3 is 0 Å². The normalized spacial score (nSPS) is 14.1. The zero-order chi connectivity index (χ0) is 24.7. The summed E-state index contributed by atoms with van der Waals surface area (Å²) in [5.41, 5.74) is -0.356. The van der Waals surface area contributed by atoms with Crippen molar-refractivity contribution in [3.63, 3.8) is 0 Å². The minimum Gasteiger partial charge on any atom is -0.268 e. The zero-order valence-corrected chi connectivity index (χ0v) is 16.7. The number of rotatable bonds is 4. The molecule has 1 N–H and O–H groups in total. The Morgan fingerprint density at radius 1 is 1.03 bits per heavy atom. The van der Waals surface area contributed by atoms with Crippen LogP contribution in [0.2, 0.25) is 0 Å². The Kier molecular flexibility index (Phi) is 5.59. The van der Waals surface area contributed by atoms with E-state index in [9.17, 15) is 35.9 Å². The van der Waals surface area contributed by atoms with Crippen molar-refractivity contribution in [3.8, 4) is 11.4 Å². The maximum atomic E-state index is 13.0. The number of amides is 2. The number of fused-ring (bicyclic) bond motifs is 1. The third-order valence-corrected chi connectivity index (χ3v) is 4.65. The fourth-order valence-electron chi connectivity index (χ4n) is 3.09. The van der Waals surface area contributed by atoms with Crippen LogP contribution in [0.3, 0.4) is 0 Å². The summed E-state index contributed by atoms with van der Waals surface area (Å²) in [5.74, 6) is -1.62. The van der Waals surface area contributed by atoms with E-state index in [2.05, 4.69) is 20.5 Å². The minimum absolute atomic E-state index is 0.00180. The second kappa shape index (κ2) is 8.28. The van der Waals surface area contributed by atoms with E-state index in [4.69, 9.17) is 0 Å². The number of alkyl halides is 6. The topological polar surface area (TPSA) is 93.0 Å². The standard InChI is InChI=1S/C20H12F6N6O2/c21-19(22,23)12-6-11(7-13(8-12)20(24,25)26)17-28-10-31(30-17)5-3-16(33)29-32-9-15-14(18(32)34)2-1-4-27-15/h1-8,10H,9H2,(H,29,33)/b5-3-. The molecule has 1 aromatic carbocycles. The van der Waals surface area contributed by atoms with Crippen molar-refractivity contribution in [3.05, 3.63) is 71.3 Å². The summed E-state index contributed by atoms with van der Waals surface area (Å²) >= 11 is 0. The van der Waals surface area contributed by atoms with Gasteiger partial charge in [0.1, 0.15) is 6.33 Å². The summed E-state index contributed by atoms with van der Waals surface area (Å²) < 4.78 is 79.2. The van der Waals surface area contributed by atoms with Crippen LogP contribution >= 0.6 is 0 Å². The Balaban J connectivity index is 1.50. The molecule has 3 aromatic rings. The highest BCUT2D eigenvalue weighted by molar-refractivity contribution is 6.00. The number of aromatic nitrogens is 4. The molecule has 176 valence electrons. The predicted octanol–water partition coefficient (Wildman–Crippen LogP) is 3.54. The molecule has 0 saturated carbocycles. The van der Waals surface area contributed by atoms with E-state index in [1.54, 1.807) is 12.1 Å². The number of hydrazine groups is 1. The summed E-state index contributed by atoms with van der Waals surface area (Å²) in [6, 6.07) is 4.12. The van der Waals surface area contributed by atoms with Crippen LogP contribution < -0.4 is 5.43 Å². The van der Waals surface area contributed by atoms with Crippen molar-refractivity contribution in [2.75, 3.05) is 0 Å². The zero-order valence-electron chi connectivity index (χ0n) is 16.7. The molecule has 4 rings (SSSR count). The van der Waals surface area contributed by atoms with E-state index >= 15 is 0 Å². The van der Waals surface area contributed by atoms with Gasteiger partial charge in [0.25, 0.3) is 11.8 Å². The molecular weight excluding hydrogens is 470 g/mol. The molecule has 2 aromatic heterocycles. The molecule has 1 aliphatic rings. The van der Waals surface area contributed by atoms with Crippen LogP contribution in [0.1, 0.15) is 27.2 Å². The number of pyridine rings is 1. The quantitative estimate of drug-likeness (QED) is 0.454. The molecule has 0 fully saturated rings. The number of hydrogen-bond acceptors (Lipinski definition) is 5. The molecule has 2 amide bonds. The SMILES string of the molecule is O=C(/C=C\n1cnc(-c2cc(C(F)(F)F)cc(C(F)(F)F)c2)n1)NN1Cc2ncccc2C1=O. The molecule has 3 heterocycles. The molecule has 0 unspecified atom stereocenters. The van der Waals surface area contributed by atoms with Crippen LogP contribution in [0.4, 0.5) is 26.3 Å². The van der Waals surface area contributed by atoms with Crippen molar-refractivity contribution < 1.29 is 35.9 Å². The smallest absolute Gasteiger partial charge is 0.268 e. The first-order valence-electron chi connectivity index (χ1n) is 9.37. The van der Waals surface area contributed by atoms with Crippen molar-refractivity contribution in [2.45, 2.75) is 18.9 Å². The number of halogens is 6. The molecular formula is C20H12F6N6O2. The lowest BCUT2D eigenvalue weighted by molar-refractivity contribution is -0.143. The lowest BCUT2D eigenvalue weighted by atomic mass is 10.0. The Hall–Kier alpha value is -4.23. The monoisotopic (exact) mass is 482 g/mol. The Morgan fingerprint density at radius 3 is 2.32 bits per heavy atom. The predicted molar refractivity (Wildman–Crippen MR) is 103 cm³/mol. The molecule has 8 nitrogen and oxygen atoms in total. The van der Waals surface area contributed by atoms with Gasteiger partial charge in [-0.2, -0.15) is 26.3 Å². The van der Waals surface area contributed by atoms with Crippen LogP contribution in [-0.4, -0.2) is 36.6 Å². The molecule has 0 aliphatic carbocycles. The Labute approximate surface area is 186 Å². The van der Waals surface area contributed by atoms with E-state index < -0.39 is 46.7 Å². The molecule has 34 heavy (non-hydrogen) atoms. The van der Waals surface area contributed by atoms with Crippen molar-refractivity contribution in [2.24, 2.45) is 0 Å². The van der Waals surface area contributed by atoms with Gasteiger partial charge in [-0.3, -0.25) is 20.0 Å². The molecule has 0 saturated heterocycles. The van der Waals surface area contributed by atoms with Gasteiger partial charge in [0.05, 0.1) is 28.9 Å². The first-order valence-corrected chi connectivity index (χ1v) is 9.37. The van der Waals surface area contributed by atoms with E-state index in [1.807, 2.05) is 0 Å². The van der Waals surface area contributed by atoms with Gasteiger partial charge in [0.15, 0.2) is 5.82 Å². The fraction of sp³-hybridized carbons (Fsp3) is 0.150. The maximum Gasteiger partial charge on any atom is 0.416 e. The summed E-state index contributed by atoms with van der Waals surface area (Å²) in [5, 5.41) is 4.83. The maximum absolute atomic E-state index is 13.0. The number of benzene rings is 1. The van der Waals surface area contributed by atoms with Crippen LogP contribution in [0.25, 0.3) is 17.6 Å². The second-order valence-corrected chi connectivity index (χ2v) is 7.02. The van der Waals surface area contributed by atoms with Gasteiger partial charge in [0.2, 0.25) is 0 Å². The van der Waals surface area contributed by atoms with Gasteiger partial charge in [0, 0.05) is 24.0 Å².